The van der Waals surface area contributed by atoms with E-state index >= 15 is 0 Å². The molecule has 0 aromatic rings. The molecule has 2 aliphatic heterocycles. The van der Waals surface area contributed by atoms with Crippen molar-refractivity contribution in [1.29, 1.82) is 0 Å². The minimum absolute atomic E-state index is 0.587. The van der Waals surface area contributed by atoms with Crippen molar-refractivity contribution < 1.29 is 48.6 Å². The Bertz CT molecular complexity index is 430. The smallest absolute Gasteiger partial charge is 0.366 e. The van der Waals surface area contributed by atoms with Gasteiger partial charge in [-0.25, -0.2) is 4.39 Å². The molecule has 21 heavy (non-hydrogen) atoms. The van der Waals surface area contributed by atoms with Gasteiger partial charge in [-0.1, -0.05) is 12.2 Å². The Morgan fingerprint density at radius 2 is 1.00 bits per heavy atom. The molecular formula is C10H6F10O. The summed E-state index contributed by atoms with van der Waals surface area (Å²) in [7, 11) is 0. The highest BCUT2D eigenvalue weighted by molar-refractivity contribution is 5.22. The van der Waals surface area contributed by atoms with Crippen LogP contribution in [0.4, 0.5) is 43.9 Å². The maximum Gasteiger partial charge on any atom is 0.431 e. The van der Waals surface area contributed by atoms with E-state index in [1.807, 2.05) is 0 Å². The first-order valence-electron chi connectivity index (χ1n) is 5.44. The van der Waals surface area contributed by atoms with Crippen LogP contribution in [0.1, 0.15) is 0 Å². The van der Waals surface area contributed by atoms with E-state index in [1.165, 1.54) is 0 Å². The van der Waals surface area contributed by atoms with Crippen molar-refractivity contribution in [3.8, 4) is 0 Å². The van der Waals surface area contributed by atoms with Crippen LogP contribution < -0.4 is 0 Å². The van der Waals surface area contributed by atoms with E-state index in [0.717, 1.165) is 0 Å². The average Bonchev–Trinajstić information content (AvgIpc) is 2.82. The van der Waals surface area contributed by atoms with Crippen LogP contribution in [0, 0.1) is 11.8 Å². The van der Waals surface area contributed by atoms with Crippen molar-refractivity contribution in [2.75, 3.05) is 0 Å². The molecule has 122 valence electrons. The van der Waals surface area contributed by atoms with E-state index in [1.54, 1.807) is 0 Å². The molecule has 2 heterocycles. The molecule has 11 heteroatoms. The van der Waals surface area contributed by atoms with Gasteiger partial charge >= 0.3 is 24.2 Å². The zero-order chi connectivity index (χ0) is 16.4. The first-order valence-corrected chi connectivity index (χ1v) is 5.44. The summed E-state index contributed by atoms with van der Waals surface area (Å²) in [6, 6.07) is 0. The first-order chi connectivity index (χ1) is 9.21. The maximum absolute atomic E-state index is 13.9. The Morgan fingerprint density at radius 3 is 1.33 bits per heavy atom. The fraction of sp³-hybridized carbons (Fsp3) is 0.800. The monoisotopic (exact) mass is 332 g/mol. The van der Waals surface area contributed by atoms with E-state index < -0.39 is 48.2 Å². The fourth-order valence-electron chi connectivity index (χ4n) is 2.71. The van der Waals surface area contributed by atoms with Crippen LogP contribution in [0.5, 0.6) is 0 Å². The molecule has 0 amide bonds. The van der Waals surface area contributed by atoms with Gasteiger partial charge in [-0.15, -0.1) is 0 Å². The number of ether oxygens (including phenoxy) is 1. The number of rotatable bonds is 1. The molecule has 0 aliphatic carbocycles. The highest BCUT2D eigenvalue weighted by Gasteiger charge is 2.82. The third-order valence-electron chi connectivity index (χ3n) is 3.56. The summed E-state index contributed by atoms with van der Waals surface area (Å²) in [6.45, 7) is 0. The van der Waals surface area contributed by atoms with Gasteiger partial charge in [-0.05, 0) is 0 Å². The lowest BCUT2D eigenvalue weighted by Gasteiger charge is -2.40. The lowest BCUT2D eigenvalue weighted by molar-refractivity contribution is -0.369. The fourth-order valence-corrected chi connectivity index (χ4v) is 2.71. The molecule has 0 saturated carbocycles. The van der Waals surface area contributed by atoms with Crippen molar-refractivity contribution in [3.05, 3.63) is 12.2 Å². The van der Waals surface area contributed by atoms with Crippen LogP contribution in [0.15, 0.2) is 12.2 Å². The normalized spacial score (nSPS) is 33.8. The molecule has 2 rings (SSSR count). The second-order valence-electron chi connectivity index (χ2n) is 4.75. The number of hydrogen-bond acceptors (Lipinski definition) is 1. The second-order valence-corrected chi connectivity index (χ2v) is 4.75. The Hall–Kier alpha value is -1.00. The summed E-state index contributed by atoms with van der Waals surface area (Å²) in [4.78, 5) is 0. The summed E-state index contributed by atoms with van der Waals surface area (Å²) in [5.41, 5.74) is -6.01. The molecule has 1 saturated heterocycles. The lowest BCUT2D eigenvalue weighted by atomic mass is 9.72. The van der Waals surface area contributed by atoms with E-state index in [2.05, 4.69) is 4.74 Å². The summed E-state index contributed by atoms with van der Waals surface area (Å²) < 4.78 is 132. The van der Waals surface area contributed by atoms with Crippen LogP contribution in [-0.4, -0.2) is 36.4 Å². The van der Waals surface area contributed by atoms with Gasteiger partial charge in [0, 0.05) is 0 Å². The van der Waals surface area contributed by atoms with Crippen LogP contribution in [0.2, 0.25) is 0 Å². The summed E-state index contributed by atoms with van der Waals surface area (Å²) >= 11 is 0. The minimum atomic E-state index is -6.55. The predicted molar refractivity (Wildman–Crippen MR) is 46.8 cm³/mol. The number of hydrogen-bond donors (Lipinski definition) is 0. The molecule has 2 bridgehead atoms. The Morgan fingerprint density at radius 1 is 0.619 bits per heavy atom. The molecule has 0 spiro atoms. The molecule has 4 atom stereocenters. The Balaban J connectivity index is 2.57. The van der Waals surface area contributed by atoms with Gasteiger partial charge in [0.25, 0.3) is 0 Å². The van der Waals surface area contributed by atoms with Crippen LogP contribution in [0.25, 0.3) is 0 Å². The van der Waals surface area contributed by atoms with Crippen molar-refractivity contribution in [2.24, 2.45) is 11.8 Å². The molecule has 4 unspecified atom stereocenters. The zero-order valence-corrected chi connectivity index (χ0v) is 9.65. The predicted octanol–water partition coefficient (Wildman–Crippen LogP) is 3.95. The number of alkyl halides is 10. The van der Waals surface area contributed by atoms with E-state index in [9.17, 15) is 43.9 Å². The van der Waals surface area contributed by atoms with Gasteiger partial charge in [0.1, 0.15) is 0 Å². The molecular weight excluding hydrogens is 326 g/mol. The van der Waals surface area contributed by atoms with Gasteiger partial charge in [-0.3, -0.25) is 0 Å². The standard InChI is InChI=1S/C10H6F10O/c11-7(9(15,16)17,10(18,19)20)5-3-1-2-4(21-3)6(5)8(12,13)14/h1-6H. The molecule has 1 nitrogen and oxygen atoms in total. The second kappa shape index (κ2) is 4.26. The minimum Gasteiger partial charge on any atom is -0.366 e. The Kier molecular flexibility index (Phi) is 3.32. The van der Waals surface area contributed by atoms with Gasteiger partial charge in [0.15, 0.2) is 0 Å². The third-order valence-corrected chi connectivity index (χ3v) is 3.56. The van der Waals surface area contributed by atoms with Crippen molar-refractivity contribution in [3.63, 3.8) is 0 Å². The molecule has 2 aliphatic rings. The Labute approximate surface area is 110 Å². The van der Waals surface area contributed by atoms with Crippen molar-refractivity contribution in [1.82, 2.24) is 0 Å². The zero-order valence-electron chi connectivity index (χ0n) is 9.65. The maximum atomic E-state index is 13.9. The van der Waals surface area contributed by atoms with Crippen molar-refractivity contribution >= 4 is 0 Å². The van der Waals surface area contributed by atoms with Crippen LogP contribution >= 0.6 is 0 Å². The van der Waals surface area contributed by atoms with Gasteiger partial charge in [0.2, 0.25) is 0 Å². The highest BCUT2D eigenvalue weighted by atomic mass is 19.4. The SMILES string of the molecule is FC(F)(F)C1C2C=CC(O2)C1C(F)(C(F)(F)F)C(F)(F)F. The number of fused-ring (bicyclic) bond motifs is 2. The quantitative estimate of drug-likeness (QED) is 0.522. The molecule has 0 aromatic heterocycles. The molecule has 0 N–H and O–H groups in total. The van der Waals surface area contributed by atoms with Gasteiger partial charge in [0.05, 0.1) is 24.0 Å². The highest BCUT2D eigenvalue weighted by Crippen LogP contribution is 2.61. The van der Waals surface area contributed by atoms with Gasteiger partial charge < -0.3 is 4.74 Å². The summed E-state index contributed by atoms with van der Waals surface area (Å²) in [6.07, 6.45) is -21.6. The van der Waals surface area contributed by atoms with E-state index in [0.29, 0.717) is 12.2 Å². The summed E-state index contributed by atoms with van der Waals surface area (Å²) in [5, 5.41) is 0. The van der Waals surface area contributed by atoms with E-state index in [4.69, 9.17) is 0 Å². The summed E-state index contributed by atoms with van der Waals surface area (Å²) in [5.74, 6) is -6.69. The van der Waals surface area contributed by atoms with Gasteiger partial charge in [-0.2, -0.15) is 39.5 Å². The largest absolute Gasteiger partial charge is 0.431 e. The lowest BCUT2D eigenvalue weighted by Crippen LogP contribution is -2.63. The van der Waals surface area contributed by atoms with Crippen molar-refractivity contribution in [2.45, 2.75) is 36.4 Å². The molecule has 1 fully saturated rings. The van der Waals surface area contributed by atoms with Crippen LogP contribution in [-0.2, 0) is 4.74 Å². The third kappa shape index (κ3) is 2.20. The number of halogens is 10. The average molecular weight is 332 g/mol. The molecule has 0 aromatic carbocycles. The van der Waals surface area contributed by atoms with Crippen LogP contribution in [0.3, 0.4) is 0 Å². The first kappa shape index (κ1) is 16.4. The molecule has 0 radical (unpaired) electrons. The van der Waals surface area contributed by atoms with E-state index in [-0.39, 0.29) is 0 Å². The topological polar surface area (TPSA) is 9.23 Å².